The average molecular weight is 250 g/mol. The monoisotopic (exact) mass is 250 g/mol. The van der Waals surface area contributed by atoms with Gasteiger partial charge in [-0.2, -0.15) is 0 Å². The highest BCUT2D eigenvalue weighted by Crippen LogP contribution is 2.16. The molecule has 0 atom stereocenters. The van der Waals surface area contributed by atoms with Crippen LogP contribution in [-0.2, 0) is 4.79 Å². The van der Waals surface area contributed by atoms with Crippen LogP contribution in [0.1, 0.15) is 5.69 Å². The summed E-state index contributed by atoms with van der Waals surface area (Å²) in [6, 6.07) is 3.68. The number of carbonyl (C=O) groups is 1. The molecule has 5 nitrogen and oxygen atoms in total. The van der Waals surface area contributed by atoms with E-state index in [0.29, 0.717) is 12.2 Å². The van der Waals surface area contributed by atoms with Gasteiger partial charge in [0.25, 0.3) is 0 Å². The second-order valence-electron chi connectivity index (χ2n) is 4.00. The Bertz CT molecular complexity index is 463. The minimum absolute atomic E-state index is 0.116. The molecule has 1 saturated heterocycles. The Balaban J connectivity index is 2.20. The number of amides is 1. The minimum atomic E-state index is 0.116. The number of nitrogens with zero attached hydrogens (tertiary/aromatic N) is 3. The molecule has 1 aliphatic heterocycles. The molecule has 0 radical (unpaired) electrons. The standard InChI is InChI=1S/C11H14N4OS/c1-14-4-5-15(7-10(14)16)8-2-3-13-9(6-8)11(12)17/h2-3,6H,4-5,7H2,1H3,(H2,12,17). The lowest BCUT2D eigenvalue weighted by Crippen LogP contribution is -2.48. The average Bonchev–Trinajstić information content (AvgIpc) is 2.33. The normalized spacial score (nSPS) is 16.2. The van der Waals surface area contributed by atoms with Crippen molar-refractivity contribution in [2.75, 3.05) is 31.6 Å². The molecule has 0 bridgehead atoms. The zero-order valence-corrected chi connectivity index (χ0v) is 10.4. The highest BCUT2D eigenvalue weighted by atomic mass is 32.1. The van der Waals surface area contributed by atoms with Crippen molar-refractivity contribution in [2.45, 2.75) is 0 Å². The molecule has 17 heavy (non-hydrogen) atoms. The molecule has 2 N–H and O–H groups in total. The molecule has 1 aromatic heterocycles. The van der Waals surface area contributed by atoms with Crippen LogP contribution in [0.4, 0.5) is 5.69 Å². The lowest BCUT2D eigenvalue weighted by molar-refractivity contribution is -0.129. The van der Waals surface area contributed by atoms with Crippen LogP contribution >= 0.6 is 12.2 Å². The number of nitrogens with two attached hydrogens (primary N) is 1. The van der Waals surface area contributed by atoms with Crippen molar-refractivity contribution in [3.05, 3.63) is 24.0 Å². The quantitative estimate of drug-likeness (QED) is 0.748. The summed E-state index contributed by atoms with van der Waals surface area (Å²) in [6.07, 6.45) is 1.66. The maximum atomic E-state index is 11.6. The van der Waals surface area contributed by atoms with Crippen LogP contribution in [-0.4, -0.2) is 47.5 Å². The molecule has 2 heterocycles. The zero-order valence-electron chi connectivity index (χ0n) is 9.59. The van der Waals surface area contributed by atoms with Crippen LogP contribution in [0.3, 0.4) is 0 Å². The first-order valence-electron chi connectivity index (χ1n) is 5.32. The van der Waals surface area contributed by atoms with Gasteiger partial charge in [-0.15, -0.1) is 0 Å². The summed E-state index contributed by atoms with van der Waals surface area (Å²) in [6.45, 7) is 1.92. The van der Waals surface area contributed by atoms with E-state index in [9.17, 15) is 4.79 Å². The van der Waals surface area contributed by atoms with Crippen molar-refractivity contribution < 1.29 is 4.79 Å². The Morgan fingerprint density at radius 2 is 2.29 bits per heavy atom. The number of carbonyl (C=O) groups excluding carboxylic acids is 1. The Morgan fingerprint density at radius 1 is 1.53 bits per heavy atom. The molecule has 90 valence electrons. The van der Waals surface area contributed by atoms with E-state index in [-0.39, 0.29) is 10.9 Å². The summed E-state index contributed by atoms with van der Waals surface area (Å²) in [5.41, 5.74) is 7.06. The second-order valence-corrected chi connectivity index (χ2v) is 4.44. The number of anilines is 1. The molecular weight excluding hydrogens is 236 g/mol. The van der Waals surface area contributed by atoms with Gasteiger partial charge in [-0.25, -0.2) is 0 Å². The summed E-state index contributed by atoms with van der Waals surface area (Å²) in [7, 11) is 1.81. The lowest BCUT2D eigenvalue weighted by atomic mass is 10.2. The van der Waals surface area contributed by atoms with E-state index >= 15 is 0 Å². The summed E-state index contributed by atoms with van der Waals surface area (Å²) in [5.74, 6) is 0.116. The van der Waals surface area contributed by atoms with E-state index in [1.54, 1.807) is 11.1 Å². The Hall–Kier alpha value is -1.69. The number of pyridine rings is 1. The Labute approximate surface area is 105 Å². The number of aromatic nitrogens is 1. The van der Waals surface area contributed by atoms with Gasteiger partial charge in [-0.1, -0.05) is 12.2 Å². The van der Waals surface area contributed by atoms with E-state index in [0.717, 1.165) is 18.8 Å². The van der Waals surface area contributed by atoms with Gasteiger partial charge in [0.1, 0.15) is 4.99 Å². The highest BCUT2D eigenvalue weighted by Gasteiger charge is 2.21. The van der Waals surface area contributed by atoms with Crippen LogP contribution in [0, 0.1) is 0 Å². The van der Waals surface area contributed by atoms with Crippen molar-refractivity contribution in [2.24, 2.45) is 5.73 Å². The Morgan fingerprint density at radius 3 is 2.94 bits per heavy atom. The first-order valence-corrected chi connectivity index (χ1v) is 5.73. The maximum absolute atomic E-state index is 11.6. The van der Waals surface area contributed by atoms with Crippen LogP contribution < -0.4 is 10.6 Å². The van der Waals surface area contributed by atoms with Gasteiger partial charge in [0.15, 0.2) is 0 Å². The van der Waals surface area contributed by atoms with Gasteiger partial charge in [0.2, 0.25) is 5.91 Å². The molecule has 1 aromatic rings. The van der Waals surface area contributed by atoms with Crippen molar-refractivity contribution in [3.63, 3.8) is 0 Å². The van der Waals surface area contributed by atoms with E-state index in [4.69, 9.17) is 18.0 Å². The van der Waals surface area contributed by atoms with E-state index < -0.39 is 0 Å². The van der Waals surface area contributed by atoms with Gasteiger partial charge >= 0.3 is 0 Å². The molecule has 1 amide bonds. The number of hydrogen-bond donors (Lipinski definition) is 1. The van der Waals surface area contributed by atoms with Crippen LogP contribution in [0.15, 0.2) is 18.3 Å². The first-order chi connectivity index (χ1) is 8.08. The maximum Gasteiger partial charge on any atom is 0.241 e. The molecule has 2 rings (SSSR count). The van der Waals surface area contributed by atoms with Gasteiger partial charge in [-0.3, -0.25) is 9.78 Å². The van der Waals surface area contributed by atoms with Crippen LogP contribution in [0.2, 0.25) is 0 Å². The van der Waals surface area contributed by atoms with E-state index in [1.807, 2.05) is 24.1 Å². The molecule has 0 saturated carbocycles. The van der Waals surface area contributed by atoms with Gasteiger partial charge in [-0.05, 0) is 12.1 Å². The second kappa shape index (κ2) is 4.67. The van der Waals surface area contributed by atoms with Crippen molar-refractivity contribution in [1.82, 2.24) is 9.88 Å². The van der Waals surface area contributed by atoms with Gasteiger partial charge in [0, 0.05) is 32.0 Å². The summed E-state index contributed by atoms with van der Waals surface area (Å²) in [4.78, 5) is 19.7. The van der Waals surface area contributed by atoms with Crippen LogP contribution in [0.5, 0.6) is 0 Å². The third-order valence-electron chi connectivity index (χ3n) is 2.82. The molecular formula is C11H14N4OS. The number of likely N-dealkylation sites (N-methyl/N-ethyl adjacent to an activating group) is 1. The summed E-state index contributed by atoms with van der Waals surface area (Å²) < 4.78 is 0. The molecule has 0 aliphatic carbocycles. The third kappa shape index (κ3) is 2.52. The van der Waals surface area contributed by atoms with Gasteiger partial charge < -0.3 is 15.5 Å². The fraction of sp³-hybridized carbons (Fsp3) is 0.364. The van der Waals surface area contributed by atoms with E-state index in [2.05, 4.69) is 4.98 Å². The molecule has 0 unspecified atom stereocenters. The van der Waals surface area contributed by atoms with Crippen molar-refractivity contribution in [1.29, 1.82) is 0 Å². The minimum Gasteiger partial charge on any atom is -0.388 e. The number of thiocarbonyl (C=S) groups is 1. The summed E-state index contributed by atoms with van der Waals surface area (Å²) in [5, 5.41) is 0. The number of hydrogen-bond acceptors (Lipinski definition) is 4. The zero-order chi connectivity index (χ0) is 12.4. The molecule has 1 aliphatic rings. The van der Waals surface area contributed by atoms with Crippen molar-refractivity contribution >= 4 is 28.8 Å². The molecule has 6 heteroatoms. The predicted octanol–water partition coefficient (Wildman–Crippen LogP) is -0.00580. The number of rotatable bonds is 2. The lowest BCUT2D eigenvalue weighted by Gasteiger charge is -2.33. The van der Waals surface area contributed by atoms with Crippen LogP contribution in [0.25, 0.3) is 0 Å². The molecule has 0 spiro atoms. The first kappa shape index (κ1) is 11.8. The number of piperazine rings is 1. The Kier molecular flexibility index (Phi) is 3.23. The summed E-state index contributed by atoms with van der Waals surface area (Å²) >= 11 is 4.89. The molecule has 0 aromatic carbocycles. The highest BCUT2D eigenvalue weighted by molar-refractivity contribution is 7.80. The third-order valence-corrected chi connectivity index (χ3v) is 3.03. The predicted molar refractivity (Wildman–Crippen MR) is 70.0 cm³/mol. The van der Waals surface area contributed by atoms with Gasteiger partial charge in [0.05, 0.1) is 12.2 Å². The SMILES string of the molecule is CN1CCN(c2ccnc(C(N)=S)c2)CC1=O. The molecule has 1 fully saturated rings. The fourth-order valence-electron chi connectivity index (χ4n) is 1.73. The van der Waals surface area contributed by atoms with E-state index in [1.165, 1.54) is 0 Å². The largest absolute Gasteiger partial charge is 0.388 e. The fourth-order valence-corrected chi connectivity index (χ4v) is 1.84. The topological polar surface area (TPSA) is 62.5 Å². The smallest absolute Gasteiger partial charge is 0.241 e. The van der Waals surface area contributed by atoms with Crippen molar-refractivity contribution in [3.8, 4) is 0 Å².